The van der Waals surface area contributed by atoms with Crippen molar-refractivity contribution in [2.75, 3.05) is 81.3 Å². The Labute approximate surface area is 212 Å². The molecule has 180 valence electrons. The zero-order valence-electron chi connectivity index (χ0n) is 17.8. The Balaban J connectivity index is 3.12. The highest BCUT2D eigenvalue weighted by atomic mass is 32.2. The molecule has 1 N–H and O–H groups in total. The first kappa shape index (κ1) is 31.8. The standard InChI is InChI=1S/C18H36O5S7/c1-2-24-14-29-17-28-12-7-21-18(20)4-10-27-16-30-15-26-9-3-6-22-23-8-13-25-11-5-19/h19H,2-17H2,1H3. The number of esters is 1. The van der Waals surface area contributed by atoms with Crippen molar-refractivity contribution in [2.24, 2.45) is 0 Å². The molecule has 30 heavy (non-hydrogen) atoms. The summed E-state index contributed by atoms with van der Waals surface area (Å²) in [4.78, 5) is 21.8. The lowest BCUT2D eigenvalue weighted by Gasteiger charge is -2.05. The van der Waals surface area contributed by atoms with E-state index in [1.165, 1.54) is 5.75 Å². The number of aliphatic hydroxyl groups excluding tert-OH is 1. The average Bonchev–Trinajstić information content (AvgIpc) is 2.75. The molecule has 0 saturated heterocycles. The predicted molar refractivity (Wildman–Crippen MR) is 147 cm³/mol. The molecular formula is C18H36O5S7. The number of aliphatic hydroxyl groups is 1. The van der Waals surface area contributed by atoms with Gasteiger partial charge in [0.2, 0.25) is 0 Å². The minimum absolute atomic E-state index is 0.0779. The molecule has 0 aromatic heterocycles. The number of hydrogen-bond donors (Lipinski definition) is 1. The van der Waals surface area contributed by atoms with E-state index in [2.05, 4.69) is 6.92 Å². The summed E-state index contributed by atoms with van der Waals surface area (Å²) in [6.45, 7) is 4.10. The van der Waals surface area contributed by atoms with Gasteiger partial charge in [-0.2, -0.15) is 47.0 Å². The molecule has 0 rings (SSSR count). The number of ether oxygens (including phenoxy) is 1. The highest BCUT2D eigenvalue weighted by Gasteiger charge is 2.03. The number of hydrogen-bond acceptors (Lipinski definition) is 12. The van der Waals surface area contributed by atoms with Gasteiger partial charge in [0.05, 0.1) is 26.2 Å². The van der Waals surface area contributed by atoms with Crippen molar-refractivity contribution in [3.63, 3.8) is 0 Å². The van der Waals surface area contributed by atoms with Crippen LogP contribution in [-0.2, 0) is 19.3 Å². The second-order valence-corrected chi connectivity index (χ2v) is 14.6. The van der Waals surface area contributed by atoms with Crippen LogP contribution in [0.25, 0.3) is 0 Å². The fourth-order valence-electron chi connectivity index (χ4n) is 1.60. The Morgan fingerprint density at radius 2 is 1.33 bits per heavy atom. The third kappa shape index (κ3) is 27.8. The normalized spacial score (nSPS) is 11.1. The molecule has 0 aromatic carbocycles. The zero-order valence-corrected chi connectivity index (χ0v) is 23.5. The minimum Gasteiger partial charge on any atom is -0.465 e. The van der Waals surface area contributed by atoms with Crippen LogP contribution >= 0.6 is 82.3 Å². The smallest absolute Gasteiger partial charge is 0.306 e. The van der Waals surface area contributed by atoms with Gasteiger partial charge in [-0.25, -0.2) is 9.78 Å². The Kier molecular flexibility index (Phi) is 30.6. The molecule has 0 fully saturated rings. The van der Waals surface area contributed by atoms with Crippen molar-refractivity contribution < 1.29 is 24.4 Å². The lowest BCUT2D eigenvalue weighted by molar-refractivity contribution is -0.289. The van der Waals surface area contributed by atoms with Crippen LogP contribution in [0.15, 0.2) is 0 Å². The fraction of sp³-hybridized carbons (Fsp3) is 0.944. The summed E-state index contributed by atoms with van der Waals surface area (Å²) in [6, 6.07) is 0. The molecule has 0 heterocycles. The van der Waals surface area contributed by atoms with Gasteiger partial charge in [0, 0.05) is 43.4 Å². The van der Waals surface area contributed by atoms with Crippen molar-refractivity contribution in [1.29, 1.82) is 0 Å². The van der Waals surface area contributed by atoms with Gasteiger partial charge in [-0.15, -0.1) is 35.3 Å². The molecule has 0 spiro atoms. The second-order valence-electron chi connectivity index (χ2n) is 5.40. The molecule has 0 saturated carbocycles. The van der Waals surface area contributed by atoms with Gasteiger partial charge in [-0.1, -0.05) is 6.92 Å². The maximum Gasteiger partial charge on any atom is 0.306 e. The van der Waals surface area contributed by atoms with E-state index in [-0.39, 0.29) is 12.6 Å². The number of rotatable bonds is 25. The van der Waals surface area contributed by atoms with Crippen molar-refractivity contribution in [1.82, 2.24) is 0 Å². The summed E-state index contributed by atoms with van der Waals surface area (Å²) in [7, 11) is 0. The topological polar surface area (TPSA) is 65.0 Å². The molecule has 0 atom stereocenters. The molecule has 0 aliphatic carbocycles. The molecule has 0 unspecified atom stereocenters. The lowest BCUT2D eigenvalue weighted by Crippen LogP contribution is -2.08. The van der Waals surface area contributed by atoms with E-state index in [4.69, 9.17) is 19.6 Å². The Morgan fingerprint density at radius 3 is 2.07 bits per heavy atom. The van der Waals surface area contributed by atoms with E-state index < -0.39 is 0 Å². The van der Waals surface area contributed by atoms with E-state index in [9.17, 15) is 4.79 Å². The summed E-state index contributed by atoms with van der Waals surface area (Å²) >= 11 is 12.9. The van der Waals surface area contributed by atoms with E-state index in [0.29, 0.717) is 26.2 Å². The Morgan fingerprint density at radius 1 is 0.700 bits per heavy atom. The summed E-state index contributed by atoms with van der Waals surface area (Å²) in [6.07, 6.45) is 1.48. The molecule has 12 heteroatoms. The van der Waals surface area contributed by atoms with Crippen molar-refractivity contribution >= 4 is 88.3 Å². The van der Waals surface area contributed by atoms with E-state index in [1.807, 2.05) is 58.8 Å². The van der Waals surface area contributed by atoms with Crippen LogP contribution in [0, 0.1) is 0 Å². The largest absolute Gasteiger partial charge is 0.465 e. The van der Waals surface area contributed by atoms with Crippen LogP contribution in [0.2, 0.25) is 0 Å². The first-order chi connectivity index (χ1) is 14.8. The number of thioether (sulfide) groups is 7. The van der Waals surface area contributed by atoms with Crippen LogP contribution < -0.4 is 0 Å². The van der Waals surface area contributed by atoms with E-state index in [0.717, 1.165) is 55.5 Å². The van der Waals surface area contributed by atoms with Gasteiger partial charge in [0.1, 0.15) is 6.61 Å². The lowest BCUT2D eigenvalue weighted by atomic mass is 10.5. The van der Waals surface area contributed by atoms with Gasteiger partial charge in [0.25, 0.3) is 0 Å². The molecular weight excluding hydrogens is 521 g/mol. The monoisotopic (exact) mass is 556 g/mol. The van der Waals surface area contributed by atoms with Crippen molar-refractivity contribution in [3.8, 4) is 0 Å². The zero-order chi connectivity index (χ0) is 22.0. The second kappa shape index (κ2) is 28.8. The minimum atomic E-state index is -0.0779. The fourth-order valence-corrected chi connectivity index (χ4v) is 8.69. The molecule has 0 aromatic rings. The quantitative estimate of drug-likeness (QED) is 0.0526. The highest BCUT2D eigenvalue weighted by Crippen LogP contribution is 2.19. The molecule has 0 aliphatic rings. The Hall–Kier alpha value is 1.80. The van der Waals surface area contributed by atoms with E-state index >= 15 is 0 Å². The average molecular weight is 557 g/mol. The molecule has 0 amide bonds. The molecule has 0 bridgehead atoms. The summed E-state index contributed by atoms with van der Waals surface area (Å²) < 4.78 is 5.26. The van der Waals surface area contributed by atoms with Crippen molar-refractivity contribution in [3.05, 3.63) is 0 Å². The van der Waals surface area contributed by atoms with Crippen LogP contribution in [-0.4, -0.2) is 92.4 Å². The maximum absolute atomic E-state index is 11.7. The van der Waals surface area contributed by atoms with Crippen LogP contribution in [0.5, 0.6) is 0 Å². The molecule has 0 aliphatic heterocycles. The van der Waals surface area contributed by atoms with Gasteiger partial charge in [-0.3, -0.25) is 4.79 Å². The van der Waals surface area contributed by atoms with Gasteiger partial charge >= 0.3 is 5.97 Å². The van der Waals surface area contributed by atoms with Gasteiger partial charge in [-0.05, 0) is 17.9 Å². The molecule has 0 radical (unpaired) electrons. The maximum atomic E-state index is 11.7. The summed E-state index contributed by atoms with van der Waals surface area (Å²) in [5, 5.41) is 12.9. The Bertz CT molecular complexity index is 357. The van der Waals surface area contributed by atoms with Crippen LogP contribution in [0.3, 0.4) is 0 Å². The first-order valence-corrected chi connectivity index (χ1v) is 17.9. The first-order valence-electron chi connectivity index (χ1n) is 9.86. The number of carbonyl (C=O) groups is 1. The third-order valence-corrected chi connectivity index (χ3v) is 11.2. The third-order valence-electron chi connectivity index (χ3n) is 2.96. The van der Waals surface area contributed by atoms with Gasteiger partial charge < -0.3 is 9.84 Å². The molecule has 5 nitrogen and oxygen atoms in total. The summed E-state index contributed by atoms with van der Waals surface area (Å²) in [5.74, 6) is 5.46. The van der Waals surface area contributed by atoms with Crippen LogP contribution in [0.1, 0.15) is 19.8 Å². The SMILES string of the molecule is CCSCSCSCCOC(=O)CCSCSCSCCCOOCCSCCO. The van der Waals surface area contributed by atoms with Crippen molar-refractivity contribution in [2.45, 2.75) is 19.8 Å². The van der Waals surface area contributed by atoms with Crippen LogP contribution in [0.4, 0.5) is 0 Å². The number of carbonyl (C=O) groups excluding carboxylic acids is 1. The van der Waals surface area contributed by atoms with E-state index in [1.54, 1.807) is 23.5 Å². The highest BCUT2D eigenvalue weighted by molar-refractivity contribution is 8.23. The van der Waals surface area contributed by atoms with Gasteiger partial charge in [0.15, 0.2) is 0 Å². The summed E-state index contributed by atoms with van der Waals surface area (Å²) in [5.41, 5.74) is 0. The predicted octanol–water partition coefficient (Wildman–Crippen LogP) is 5.23.